The van der Waals surface area contributed by atoms with Crippen molar-refractivity contribution in [3.63, 3.8) is 0 Å². The maximum Gasteiger partial charge on any atom is 0.136 e. The fourth-order valence-electron chi connectivity index (χ4n) is 4.64. The molecule has 0 aliphatic carbocycles. The van der Waals surface area contributed by atoms with Crippen molar-refractivity contribution < 1.29 is 0 Å². The van der Waals surface area contributed by atoms with E-state index in [0.29, 0.717) is 6.54 Å². The molecular formula is C32H27N3S2. The van der Waals surface area contributed by atoms with Crippen LogP contribution in [-0.2, 0) is 6.54 Å². The lowest BCUT2D eigenvalue weighted by Gasteiger charge is -2.11. The average Bonchev–Trinajstić information content (AvgIpc) is 3.47. The molecule has 3 heterocycles. The molecule has 6 aromatic rings. The third-order valence-corrected chi connectivity index (χ3v) is 9.25. The van der Waals surface area contributed by atoms with E-state index >= 15 is 0 Å². The summed E-state index contributed by atoms with van der Waals surface area (Å²) in [5, 5.41) is 2.68. The van der Waals surface area contributed by atoms with Crippen molar-refractivity contribution >= 4 is 48.2 Å². The van der Waals surface area contributed by atoms with Gasteiger partial charge in [-0.25, -0.2) is 9.97 Å². The van der Waals surface area contributed by atoms with Crippen LogP contribution in [0.4, 0.5) is 0 Å². The Balaban J connectivity index is 1.38. The molecule has 3 aromatic heterocycles. The Morgan fingerprint density at radius 1 is 0.838 bits per heavy atom. The maximum atomic E-state index is 5.91. The summed E-state index contributed by atoms with van der Waals surface area (Å²) < 4.78 is 2.69. The van der Waals surface area contributed by atoms with Gasteiger partial charge in [-0.2, -0.15) is 0 Å². The number of benzene rings is 3. The van der Waals surface area contributed by atoms with Gasteiger partial charge >= 0.3 is 0 Å². The molecule has 0 fully saturated rings. The molecule has 0 spiro atoms. The lowest BCUT2D eigenvalue weighted by atomic mass is 10.0. The summed E-state index contributed by atoms with van der Waals surface area (Å²) in [6, 6.07) is 29.3. The minimum Gasteiger partial charge on any atom is -0.326 e. The van der Waals surface area contributed by atoms with Gasteiger partial charge in [-0.15, -0.1) is 22.7 Å². The molecule has 0 saturated carbocycles. The van der Waals surface area contributed by atoms with Crippen molar-refractivity contribution in [1.82, 2.24) is 9.97 Å². The lowest BCUT2D eigenvalue weighted by molar-refractivity contribution is 0.850. The minimum atomic E-state index is 0.0613. The van der Waals surface area contributed by atoms with Gasteiger partial charge in [-0.05, 0) is 42.3 Å². The van der Waals surface area contributed by atoms with E-state index in [4.69, 9.17) is 15.7 Å². The first-order valence-corrected chi connectivity index (χ1v) is 14.1. The van der Waals surface area contributed by atoms with Gasteiger partial charge in [0.2, 0.25) is 0 Å². The number of thiophene rings is 2. The highest BCUT2D eigenvalue weighted by Gasteiger charge is 2.15. The van der Waals surface area contributed by atoms with Crippen molar-refractivity contribution in [2.45, 2.75) is 26.3 Å². The molecule has 37 heavy (non-hydrogen) atoms. The third-order valence-electron chi connectivity index (χ3n) is 6.73. The average molecular weight is 518 g/mol. The Hall–Kier alpha value is -3.64. The smallest absolute Gasteiger partial charge is 0.136 e. The molecule has 1 atom stereocenters. The van der Waals surface area contributed by atoms with Crippen LogP contribution >= 0.6 is 22.7 Å². The van der Waals surface area contributed by atoms with Crippen molar-refractivity contribution in [2.24, 2.45) is 5.73 Å². The number of hydrogen-bond donors (Lipinski definition) is 1. The van der Waals surface area contributed by atoms with Gasteiger partial charge in [-0.3, -0.25) is 0 Å². The molecule has 3 nitrogen and oxygen atoms in total. The number of nitrogens with two attached hydrogens (primary N) is 1. The standard InChI is InChI=1S/C32H27N3S2/c1-20(13-15-28-21(2)30-25-17-22(19-33)14-16-29(25)37-32(30)36-28)31-34-26(23-9-5-3-6-10-23)18-27(35-31)24-11-7-4-8-12-24/h3-18,20H,19,33H2,1-2H3/b15-13-. The number of aryl methyl sites for hydroxylation is 1. The van der Waals surface area contributed by atoms with E-state index in [2.05, 4.69) is 74.5 Å². The van der Waals surface area contributed by atoms with Gasteiger partial charge in [0, 0.05) is 43.9 Å². The Morgan fingerprint density at radius 3 is 2.11 bits per heavy atom. The topological polar surface area (TPSA) is 51.8 Å². The molecule has 182 valence electrons. The number of nitrogens with zero attached hydrogens (tertiary/aromatic N) is 2. The number of rotatable bonds is 6. The predicted octanol–water partition coefficient (Wildman–Crippen LogP) is 8.82. The second kappa shape index (κ2) is 10.0. The van der Waals surface area contributed by atoms with Crippen LogP contribution in [0.15, 0.2) is 91.0 Å². The monoisotopic (exact) mass is 517 g/mol. The molecule has 0 aliphatic rings. The summed E-state index contributed by atoms with van der Waals surface area (Å²) >= 11 is 3.72. The van der Waals surface area contributed by atoms with Crippen LogP contribution in [0, 0.1) is 6.92 Å². The van der Waals surface area contributed by atoms with E-state index < -0.39 is 0 Å². The molecule has 1 unspecified atom stereocenters. The van der Waals surface area contributed by atoms with Gasteiger partial charge in [0.05, 0.1) is 15.4 Å². The highest BCUT2D eigenvalue weighted by atomic mass is 32.2. The highest BCUT2D eigenvalue weighted by molar-refractivity contribution is 7.42. The molecule has 5 heteroatoms. The largest absolute Gasteiger partial charge is 0.326 e. The van der Waals surface area contributed by atoms with E-state index in [9.17, 15) is 0 Å². The van der Waals surface area contributed by atoms with E-state index in [1.54, 1.807) is 0 Å². The van der Waals surface area contributed by atoms with Gasteiger partial charge in [0.15, 0.2) is 0 Å². The summed E-state index contributed by atoms with van der Waals surface area (Å²) in [5.41, 5.74) is 12.5. The first kappa shape index (κ1) is 23.7. The third kappa shape index (κ3) is 4.62. The van der Waals surface area contributed by atoms with E-state index in [1.807, 2.05) is 59.1 Å². The van der Waals surface area contributed by atoms with Crippen LogP contribution in [0.25, 0.3) is 48.1 Å². The molecule has 6 rings (SSSR count). The van der Waals surface area contributed by atoms with Crippen molar-refractivity contribution in [3.8, 4) is 22.5 Å². The normalized spacial score (nSPS) is 12.6. The lowest BCUT2D eigenvalue weighted by Crippen LogP contribution is -2.02. The number of hydrogen-bond acceptors (Lipinski definition) is 5. The van der Waals surface area contributed by atoms with Crippen LogP contribution in [0.2, 0.25) is 0 Å². The summed E-state index contributed by atoms with van der Waals surface area (Å²) in [5.74, 6) is 0.886. The first-order chi connectivity index (χ1) is 18.1. The quantitative estimate of drug-likeness (QED) is 0.240. The van der Waals surface area contributed by atoms with Crippen molar-refractivity contribution in [3.05, 3.63) is 113 Å². The fourth-order valence-corrected chi connectivity index (χ4v) is 7.28. The molecule has 0 amide bonds. The van der Waals surface area contributed by atoms with Gasteiger partial charge in [0.1, 0.15) is 5.82 Å². The molecular weight excluding hydrogens is 491 g/mol. The summed E-state index contributed by atoms with van der Waals surface area (Å²) in [6.07, 6.45) is 4.48. The predicted molar refractivity (Wildman–Crippen MR) is 160 cm³/mol. The van der Waals surface area contributed by atoms with E-state index in [-0.39, 0.29) is 5.92 Å². The number of allylic oxidation sites excluding steroid dienone is 1. The number of fused-ring (bicyclic) bond motifs is 3. The second-order valence-electron chi connectivity index (χ2n) is 9.27. The highest BCUT2D eigenvalue weighted by Crippen LogP contribution is 2.43. The van der Waals surface area contributed by atoms with Gasteiger partial charge < -0.3 is 5.73 Å². The zero-order chi connectivity index (χ0) is 25.4. The van der Waals surface area contributed by atoms with Crippen LogP contribution in [0.5, 0.6) is 0 Å². The zero-order valence-electron chi connectivity index (χ0n) is 20.8. The van der Waals surface area contributed by atoms with E-state index in [1.165, 1.54) is 35.5 Å². The van der Waals surface area contributed by atoms with Crippen LogP contribution < -0.4 is 5.73 Å². The Bertz CT molecular complexity index is 1670. The molecule has 2 N–H and O–H groups in total. The van der Waals surface area contributed by atoms with Crippen molar-refractivity contribution in [2.75, 3.05) is 0 Å². The molecule has 0 aliphatic heterocycles. The number of aromatic nitrogens is 2. The maximum absolute atomic E-state index is 5.91. The Morgan fingerprint density at radius 2 is 1.49 bits per heavy atom. The summed E-state index contributed by atoms with van der Waals surface area (Å²) in [6.45, 7) is 4.96. The van der Waals surface area contributed by atoms with Crippen molar-refractivity contribution in [1.29, 1.82) is 0 Å². The summed E-state index contributed by atoms with van der Waals surface area (Å²) in [4.78, 5) is 11.3. The molecule has 0 radical (unpaired) electrons. The van der Waals surface area contributed by atoms with E-state index in [0.717, 1.165) is 28.3 Å². The fraction of sp³-hybridized carbons (Fsp3) is 0.125. The van der Waals surface area contributed by atoms with Gasteiger partial charge in [-0.1, -0.05) is 79.7 Å². The SMILES string of the molecule is Cc1c(/C=C\C(C)c2nc(-c3ccccc3)cc(-c3ccccc3)n2)sc2sc3ccc(CN)cc3c12. The van der Waals surface area contributed by atoms with Crippen LogP contribution in [0.3, 0.4) is 0 Å². The zero-order valence-corrected chi connectivity index (χ0v) is 22.4. The van der Waals surface area contributed by atoms with Crippen LogP contribution in [-0.4, -0.2) is 9.97 Å². The first-order valence-electron chi connectivity index (χ1n) is 12.4. The molecule has 0 bridgehead atoms. The second-order valence-corrected chi connectivity index (χ2v) is 11.6. The van der Waals surface area contributed by atoms with Crippen LogP contribution in [0.1, 0.15) is 34.7 Å². The Kier molecular flexibility index (Phi) is 6.43. The summed E-state index contributed by atoms with van der Waals surface area (Å²) in [7, 11) is 0. The molecule has 0 saturated heterocycles. The minimum absolute atomic E-state index is 0.0613. The van der Waals surface area contributed by atoms with Gasteiger partial charge in [0.25, 0.3) is 0 Å². The Labute approximate surface area is 225 Å². The molecule has 3 aromatic carbocycles.